The number of thiophene rings is 1. The fourth-order valence-electron chi connectivity index (χ4n) is 2.78. The molecule has 1 N–H and O–H groups in total. The van der Waals surface area contributed by atoms with Gasteiger partial charge < -0.3 is 5.32 Å². The van der Waals surface area contributed by atoms with Gasteiger partial charge in [-0.25, -0.2) is 9.37 Å². The summed E-state index contributed by atoms with van der Waals surface area (Å²) in [7, 11) is 0. The number of nitrogens with zero attached hydrogens (tertiary/aromatic N) is 2. The average Bonchev–Trinajstić information content (AvgIpc) is 2.91. The minimum absolute atomic E-state index is 0.115. The number of aryl methyl sites for hydroxylation is 3. The SMILES string of the molecule is Cc1sc2ncn(CCC(=O)NCCc3ccccc3F)c(=O)c2c1C. The standard InChI is InChI=1S/C19H20FN3O2S/c1-12-13(2)26-18-17(12)19(25)23(11-22-18)10-8-16(24)21-9-7-14-5-3-4-6-15(14)20/h3-6,11H,7-10H2,1-2H3,(H,21,24). The van der Waals surface area contributed by atoms with Gasteiger partial charge in [-0.1, -0.05) is 18.2 Å². The summed E-state index contributed by atoms with van der Waals surface area (Å²) in [6, 6.07) is 6.51. The molecule has 0 unspecified atom stereocenters. The molecule has 0 atom stereocenters. The smallest absolute Gasteiger partial charge is 0.262 e. The average molecular weight is 373 g/mol. The highest BCUT2D eigenvalue weighted by Crippen LogP contribution is 2.25. The zero-order chi connectivity index (χ0) is 18.7. The van der Waals surface area contributed by atoms with Crippen LogP contribution in [0.5, 0.6) is 0 Å². The lowest BCUT2D eigenvalue weighted by Gasteiger charge is -2.08. The molecule has 0 aliphatic carbocycles. The van der Waals surface area contributed by atoms with Crippen LogP contribution in [-0.2, 0) is 17.8 Å². The van der Waals surface area contributed by atoms with E-state index in [-0.39, 0.29) is 30.2 Å². The van der Waals surface area contributed by atoms with Gasteiger partial charge in [0.15, 0.2) is 0 Å². The van der Waals surface area contributed by atoms with Crippen LogP contribution >= 0.6 is 11.3 Å². The Balaban J connectivity index is 1.57. The van der Waals surface area contributed by atoms with Crippen molar-refractivity contribution in [2.75, 3.05) is 6.54 Å². The topological polar surface area (TPSA) is 64.0 Å². The Morgan fingerprint density at radius 1 is 1.31 bits per heavy atom. The molecule has 0 fully saturated rings. The van der Waals surface area contributed by atoms with Gasteiger partial charge >= 0.3 is 0 Å². The molecule has 0 aliphatic heterocycles. The summed E-state index contributed by atoms with van der Waals surface area (Å²) in [5, 5.41) is 3.40. The first-order chi connectivity index (χ1) is 12.5. The van der Waals surface area contributed by atoms with Crippen molar-refractivity contribution >= 4 is 27.5 Å². The van der Waals surface area contributed by atoms with Crippen molar-refractivity contribution in [3.05, 3.63) is 62.8 Å². The highest BCUT2D eigenvalue weighted by atomic mass is 32.1. The Kier molecular flexibility index (Phi) is 5.46. The van der Waals surface area contributed by atoms with E-state index in [4.69, 9.17) is 0 Å². The number of carbonyl (C=O) groups excluding carboxylic acids is 1. The number of nitrogens with one attached hydrogen (secondary N) is 1. The zero-order valence-corrected chi connectivity index (χ0v) is 15.5. The van der Waals surface area contributed by atoms with Crippen molar-refractivity contribution in [3.63, 3.8) is 0 Å². The van der Waals surface area contributed by atoms with Crippen LogP contribution < -0.4 is 10.9 Å². The van der Waals surface area contributed by atoms with Crippen molar-refractivity contribution in [1.82, 2.24) is 14.9 Å². The van der Waals surface area contributed by atoms with Gasteiger partial charge in [-0.2, -0.15) is 0 Å². The van der Waals surface area contributed by atoms with Crippen LogP contribution in [0.25, 0.3) is 10.2 Å². The Morgan fingerprint density at radius 3 is 2.85 bits per heavy atom. The Bertz CT molecular complexity index is 1010. The Hall–Kier alpha value is -2.54. The second-order valence-corrected chi connectivity index (χ2v) is 7.35. The Labute approximate surface area is 154 Å². The summed E-state index contributed by atoms with van der Waals surface area (Å²) in [5.74, 6) is -0.444. The van der Waals surface area contributed by atoms with Crippen LogP contribution in [0.3, 0.4) is 0 Å². The van der Waals surface area contributed by atoms with Crippen LogP contribution in [0.1, 0.15) is 22.4 Å². The summed E-state index contributed by atoms with van der Waals surface area (Å²) in [6.45, 7) is 4.50. The molecule has 5 nitrogen and oxygen atoms in total. The predicted octanol–water partition coefficient (Wildman–Crippen LogP) is 2.96. The molecule has 136 valence electrons. The first-order valence-electron chi connectivity index (χ1n) is 8.42. The molecule has 2 heterocycles. The summed E-state index contributed by atoms with van der Waals surface area (Å²) in [4.78, 5) is 30.7. The number of benzene rings is 1. The lowest BCUT2D eigenvalue weighted by molar-refractivity contribution is -0.121. The third-order valence-corrected chi connectivity index (χ3v) is 5.53. The number of halogens is 1. The Morgan fingerprint density at radius 2 is 2.08 bits per heavy atom. The maximum Gasteiger partial charge on any atom is 0.262 e. The number of hydrogen-bond acceptors (Lipinski definition) is 4. The molecule has 26 heavy (non-hydrogen) atoms. The fraction of sp³-hybridized carbons (Fsp3) is 0.316. The highest BCUT2D eigenvalue weighted by molar-refractivity contribution is 7.18. The summed E-state index contributed by atoms with van der Waals surface area (Å²) >= 11 is 1.50. The van der Waals surface area contributed by atoms with Crippen molar-refractivity contribution in [2.45, 2.75) is 33.2 Å². The van der Waals surface area contributed by atoms with E-state index in [2.05, 4.69) is 10.3 Å². The molecule has 3 aromatic rings. The van der Waals surface area contributed by atoms with Crippen molar-refractivity contribution in [2.24, 2.45) is 0 Å². The molecule has 3 rings (SSSR count). The summed E-state index contributed by atoms with van der Waals surface area (Å²) < 4.78 is 15.0. The van der Waals surface area contributed by atoms with Gasteiger partial charge in [0.1, 0.15) is 10.6 Å². The molecule has 1 amide bonds. The number of fused-ring (bicyclic) bond motifs is 1. The number of hydrogen-bond donors (Lipinski definition) is 1. The molecule has 0 aliphatic rings. The van der Waals surface area contributed by atoms with Gasteiger partial charge in [-0.15, -0.1) is 11.3 Å². The number of amides is 1. The largest absolute Gasteiger partial charge is 0.356 e. The molecule has 0 radical (unpaired) electrons. The second-order valence-electron chi connectivity index (χ2n) is 6.15. The first kappa shape index (κ1) is 18.3. The molecular weight excluding hydrogens is 353 g/mol. The van der Waals surface area contributed by atoms with Gasteiger partial charge in [0.05, 0.1) is 11.7 Å². The van der Waals surface area contributed by atoms with Crippen molar-refractivity contribution in [1.29, 1.82) is 0 Å². The van der Waals surface area contributed by atoms with Crippen LogP contribution in [0, 0.1) is 19.7 Å². The van der Waals surface area contributed by atoms with E-state index in [0.29, 0.717) is 23.9 Å². The molecule has 7 heteroatoms. The molecule has 0 bridgehead atoms. The lowest BCUT2D eigenvalue weighted by atomic mass is 10.1. The van der Waals surface area contributed by atoms with E-state index in [1.165, 1.54) is 28.3 Å². The molecule has 1 aromatic carbocycles. The van der Waals surface area contributed by atoms with Gasteiger partial charge in [-0.05, 0) is 37.5 Å². The molecule has 0 saturated heterocycles. The third kappa shape index (κ3) is 3.83. The lowest BCUT2D eigenvalue weighted by Crippen LogP contribution is -2.29. The second kappa shape index (κ2) is 7.78. The van der Waals surface area contributed by atoms with Gasteiger partial charge in [0, 0.05) is 24.4 Å². The minimum atomic E-state index is -0.269. The monoisotopic (exact) mass is 373 g/mol. The van der Waals surface area contributed by atoms with E-state index < -0.39 is 0 Å². The van der Waals surface area contributed by atoms with E-state index >= 15 is 0 Å². The van der Waals surface area contributed by atoms with Crippen molar-refractivity contribution in [3.8, 4) is 0 Å². The maximum atomic E-state index is 13.5. The molecule has 2 aromatic heterocycles. The maximum absolute atomic E-state index is 13.5. The number of aromatic nitrogens is 2. The van der Waals surface area contributed by atoms with Crippen LogP contribution in [0.15, 0.2) is 35.4 Å². The molecular formula is C19H20FN3O2S. The van der Waals surface area contributed by atoms with E-state index in [1.54, 1.807) is 18.2 Å². The van der Waals surface area contributed by atoms with Crippen LogP contribution in [0.4, 0.5) is 4.39 Å². The summed E-state index contributed by atoms with van der Waals surface area (Å²) in [5.41, 5.74) is 1.41. The van der Waals surface area contributed by atoms with Gasteiger partial charge in [0.2, 0.25) is 5.91 Å². The van der Waals surface area contributed by atoms with Gasteiger partial charge in [-0.3, -0.25) is 14.2 Å². The van der Waals surface area contributed by atoms with E-state index in [1.807, 2.05) is 13.8 Å². The minimum Gasteiger partial charge on any atom is -0.356 e. The summed E-state index contributed by atoms with van der Waals surface area (Å²) in [6.07, 6.45) is 2.10. The van der Waals surface area contributed by atoms with Crippen LogP contribution in [-0.4, -0.2) is 22.0 Å². The fourth-order valence-corrected chi connectivity index (χ4v) is 3.76. The van der Waals surface area contributed by atoms with Crippen molar-refractivity contribution < 1.29 is 9.18 Å². The molecule has 0 spiro atoms. The quantitative estimate of drug-likeness (QED) is 0.723. The normalized spacial score (nSPS) is 11.0. The number of carbonyl (C=O) groups is 1. The predicted molar refractivity (Wildman–Crippen MR) is 101 cm³/mol. The zero-order valence-electron chi connectivity index (χ0n) is 14.7. The van der Waals surface area contributed by atoms with E-state index in [9.17, 15) is 14.0 Å². The van der Waals surface area contributed by atoms with Gasteiger partial charge in [0.25, 0.3) is 5.56 Å². The van der Waals surface area contributed by atoms with E-state index in [0.717, 1.165) is 15.3 Å². The highest BCUT2D eigenvalue weighted by Gasteiger charge is 2.12. The number of rotatable bonds is 6. The molecule has 0 saturated carbocycles. The first-order valence-corrected chi connectivity index (χ1v) is 9.24. The van der Waals surface area contributed by atoms with Crippen LogP contribution in [0.2, 0.25) is 0 Å². The third-order valence-electron chi connectivity index (χ3n) is 4.41.